The van der Waals surface area contributed by atoms with Crippen LogP contribution in [0.4, 0.5) is 5.69 Å². The third kappa shape index (κ3) is 4.85. The smallest absolute Gasteiger partial charge is 0.257 e. The Bertz CT molecular complexity index is 844. The van der Waals surface area contributed by atoms with Gasteiger partial charge in [0.2, 0.25) is 5.75 Å². The number of carbonyl (C=O) groups excluding carboxylic acids is 1. The maximum atomic E-state index is 12.5. The third-order valence-electron chi connectivity index (χ3n) is 3.43. The number of phenols is 1. The van der Waals surface area contributed by atoms with E-state index in [9.17, 15) is 9.90 Å². The first-order chi connectivity index (χ1) is 12.8. The van der Waals surface area contributed by atoms with E-state index >= 15 is 0 Å². The van der Waals surface area contributed by atoms with Crippen LogP contribution in [0.2, 0.25) is 10.0 Å². The Hall–Kier alpha value is -2.42. The largest absolute Gasteiger partial charge is 0.505 e. The van der Waals surface area contributed by atoms with Gasteiger partial charge in [-0.1, -0.05) is 23.2 Å². The maximum absolute atomic E-state index is 12.5. The summed E-state index contributed by atoms with van der Waals surface area (Å²) in [4.78, 5) is 12.5. The van der Waals surface area contributed by atoms with Crippen LogP contribution in [0.3, 0.4) is 0 Å². The highest BCUT2D eigenvalue weighted by Crippen LogP contribution is 2.38. The molecule has 0 bridgehead atoms. The third-order valence-corrected chi connectivity index (χ3v) is 4.21. The molecule has 0 saturated carbocycles. The molecule has 0 aromatic heterocycles. The number of amides is 1. The number of nitrogens with one attached hydrogen (secondary N) is 2. The second kappa shape index (κ2) is 8.98. The summed E-state index contributed by atoms with van der Waals surface area (Å²) < 4.78 is 15.7. The van der Waals surface area contributed by atoms with Gasteiger partial charge in [0.05, 0.1) is 31.4 Å². The molecule has 2 aromatic rings. The van der Waals surface area contributed by atoms with Crippen molar-refractivity contribution >= 4 is 52.1 Å². The molecule has 0 saturated heterocycles. The van der Waals surface area contributed by atoms with Crippen molar-refractivity contribution in [2.75, 3.05) is 26.6 Å². The predicted octanol–water partition coefficient (Wildman–Crippen LogP) is 3.85. The van der Waals surface area contributed by atoms with Crippen molar-refractivity contribution < 1.29 is 24.1 Å². The van der Waals surface area contributed by atoms with Crippen LogP contribution < -0.4 is 24.8 Å². The molecule has 0 fully saturated rings. The molecule has 0 radical (unpaired) electrons. The number of aromatic hydroxyl groups is 1. The van der Waals surface area contributed by atoms with Crippen LogP contribution in [-0.2, 0) is 0 Å². The fourth-order valence-corrected chi connectivity index (χ4v) is 2.89. The minimum absolute atomic E-state index is 0.00609. The molecule has 0 aliphatic carbocycles. The first-order valence-electron chi connectivity index (χ1n) is 7.41. The van der Waals surface area contributed by atoms with Crippen molar-refractivity contribution in [3.63, 3.8) is 0 Å². The quantitative estimate of drug-likeness (QED) is 0.490. The highest BCUT2D eigenvalue weighted by Gasteiger charge is 2.18. The minimum atomic E-state index is -0.497. The summed E-state index contributed by atoms with van der Waals surface area (Å²) in [7, 11) is 4.36. The van der Waals surface area contributed by atoms with E-state index in [4.69, 9.17) is 49.6 Å². The molecule has 1 amide bonds. The summed E-state index contributed by atoms with van der Waals surface area (Å²) in [6, 6.07) is 5.82. The van der Waals surface area contributed by atoms with Gasteiger partial charge >= 0.3 is 0 Å². The fraction of sp³-hybridized carbons (Fsp3) is 0.176. The van der Waals surface area contributed by atoms with E-state index in [1.165, 1.54) is 45.6 Å². The van der Waals surface area contributed by atoms with Gasteiger partial charge in [0.1, 0.15) is 0 Å². The molecule has 0 spiro atoms. The SMILES string of the molecule is COc1cc(C(=O)NC(=S)Nc2cc(Cl)c(O)c(Cl)c2)cc(OC)c1OC. The lowest BCUT2D eigenvalue weighted by atomic mass is 10.1. The summed E-state index contributed by atoms with van der Waals surface area (Å²) in [6.07, 6.45) is 0. The van der Waals surface area contributed by atoms with E-state index in [0.717, 1.165) is 0 Å². The van der Waals surface area contributed by atoms with Crippen LogP contribution in [0.15, 0.2) is 24.3 Å². The molecule has 0 aliphatic heterocycles. The zero-order chi connectivity index (χ0) is 20.1. The van der Waals surface area contributed by atoms with Crippen LogP contribution in [0, 0.1) is 0 Å². The zero-order valence-corrected chi connectivity index (χ0v) is 16.9. The molecule has 2 aromatic carbocycles. The van der Waals surface area contributed by atoms with Gasteiger partial charge in [-0.15, -0.1) is 0 Å². The molecule has 0 heterocycles. The summed E-state index contributed by atoms with van der Waals surface area (Å²) in [5.74, 6) is 0.292. The van der Waals surface area contributed by atoms with E-state index in [1.54, 1.807) is 0 Å². The van der Waals surface area contributed by atoms with Crippen molar-refractivity contribution in [1.29, 1.82) is 0 Å². The first-order valence-corrected chi connectivity index (χ1v) is 8.57. The number of benzene rings is 2. The minimum Gasteiger partial charge on any atom is -0.505 e. The van der Waals surface area contributed by atoms with Gasteiger partial charge in [-0.2, -0.15) is 0 Å². The van der Waals surface area contributed by atoms with Crippen LogP contribution in [-0.4, -0.2) is 37.5 Å². The Morgan fingerprint density at radius 1 is 1.00 bits per heavy atom. The average molecular weight is 431 g/mol. The molecule has 10 heteroatoms. The molecule has 7 nitrogen and oxygen atoms in total. The maximum Gasteiger partial charge on any atom is 0.257 e. The van der Waals surface area contributed by atoms with Crippen molar-refractivity contribution in [1.82, 2.24) is 5.32 Å². The lowest BCUT2D eigenvalue weighted by Crippen LogP contribution is -2.34. The van der Waals surface area contributed by atoms with Crippen molar-refractivity contribution in [3.8, 4) is 23.0 Å². The number of ether oxygens (including phenoxy) is 3. The zero-order valence-electron chi connectivity index (χ0n) is 14.6. The summed E-state index contributed by atoms with van der Waals surface area (Å²) in [5.41, 5.74) is 0.647. The van der Waals surface area contributed by atoms with Crippen LogP contribution in [0.5, 0.6) is 23.0 Å². The molecule has 144 valence electrons. The number of hydrogen-bond acceptors (Lipinski definition) is 6. The Morgan fingerprint density at radius 2 is 1.52 bits per heavy atom. The topological polar surface area (TPSA) is 89.1 Å². The van der Waals surface area contributed by atoms with E-state index in [2.05, 4.69) is 10.6 Å². The standard InChI is InChI=1S/C17H16Cl2N2O5S/c1-24-12-4-8(5-13(25-2)15(12)26-3)16(23)21-17(27)20-9-6-10(18)14(22)11(19)7-9/h4-7,22H,1-3H3,(H2,20,21,23,27). The molecular formula is C17H16Cl2N2O5S. The van der Waals surface area contributed by atoms with Gasteiger partial charge in [0.25, 0.3) is 5.91 Å². The van der Waals surface area contributed by atoms with Crippen molar-refractivity contribution in [3.05, 3.63) is 39.9 Å². The van der Waals surface area contributed by atoms with Gasteiger partial charge in [0, 0.05) is 11.3 Å². The summed E-state index contributed by atoms with van der Waals surface area (Å²) >= 11 is 16.8. The van der Waals surface area contributed by atoms with E-state index in [0.29, 0.717) is 22.9 Å². The molecule has 0 aliphatic rings. The normalized spacial score (nSPS) is 10.1. The van der Waals surface area contributed by atoms with Gasteiger partial charge in [-0.05, 0) is 36.5 Å². The Morgan fingerprint density at radius 3 is 1.96 bits per heavy atom. The lowest BCUT2D eigenvalue weighted by molar-refractivity contribution is 0.0977. The van der Waals surface area contributed by atoms with Gasteiger partial charge in [-0.25, -0.2) is 0 Å². The lowest BCUT2D eigenvalue weighted by Gasteiger charge is -2.15. The van der Waals surface area contributed by atoms with Crippen LogP contribution >= 0.6 is 35.4 Å². The first kappa shape index (κ1) is 20.9. The van der Waals surface area contributed by atoms with Crippen molar-refractivity contribution in [2.45, 2.75) is 0 Å². The number of thiocarbonyl (C=S) groups is 1. The van der Waals surface area contributed by atoms with Crippen molar-refractivity contribution in [2.24, 2.45) is 0 Å². The monoisotopic (exact) mass is 430 g/mol. The van der Waals surface area contributed by atoms with E-state index in [1.807, 2.05) is 0 Å². The van der Waals surface area contributed by atoms with Crippen LogP contribution in [0.25, 0.3) is 0 Å². The molecule has 2 rings (SSSR count). The highest BCUT2D eigenvalue weighted by atomic mass is 35.5. The molecule has 27 heavy (non-hydrogen) atoms. The number of phenolic OH excluding ortho intramolecular Hbond substituents is 1. The summed E-state index contributed by atoms with van der Waals surface area (Å²) in [5, 5.41) is 15.0. The van der Waals surface area contributed by atoms with Gasteiger partial charge in [-0.3, -0.25) is 10.1 Å². The summed E-state index contributed by atoms with van der Waals surface area (Å²) in [6.45, 7) is 0. The number of rotatable bonds is 5. The Kier molecular flexibility index (Phi) is 6.95. The molecule has 0 atom stereocenters. The molecule has 3 N–H and O–H groups in total. The molecular weight excluding hydrogens is 415 g/mol. The Labute approximate surface area is 171 Å². The van der Waals surface area contributed by atoms with Gasteiger partial charge < -0.3 is 24.6 Å². The molecule has 0 unspecified atom stereocenters. The number of halogens is 2. The number of anilines is 1. The average Bonchev–Trinajstić information content (AvgIpc) is 2.64. The predicted molar refractivity (Wildman–Crippen MR) is 108 cm³/mol. The number of hydrogen-bond donors (Lipinski definition) is 3. The second-order valence-electron chi connectivity index (χ2n) is 5.11. The Balaban J connectivity index is 2.18. The van der Waals surface area contributed by atoms with Crippen LogP contribution in [0.1, 0.15) is 10.4 Å². The highest BCUT2D eigenvalue weighted by molar-refractivity contribution is 7.80. The fourth-order valence-electron chi connectivity index (χ4n) is 2.19. The number of methoxy groups -OCH3 is 3. The van der Waals surface area contributed by atoms with Gasteiger partial charge in [0.15, 0.2) is 22.4 Å². The number of carbonyl (C=O) groups is 1. The second-order valence-corrected chi connectivity index (χ2v) is 6.33. The van der Waals surface area contributed by atoms with E-state index in [-0.39, 0.29) is 26.5 Å². The van der Waals surface area contributed by atoms with E-state index < -0.39 is 5.91 Å².